The number of nitrogens with one attached hydrogen (secondary N) is 1. The van der Waals surface area contributed by atoms with Crippen molar-refractivity contribution in [3.8, 4) is 0 Å². The number of nitrogens with two attached hydrogens (primary N) is 1. The third kappa shape index (κ3) is 21.7. The summed E-state index contributed by atoms with van der Waals surface area (Å²) in [7, 11) is 0. The molecule has 0 aliphatic rings. The molecule has 0 atom stereocenters. The van der Waals surface area contributed by atoms with Gasteiger partial charge in [-0.15, -0.1) is 0 Å². The van der Waals surface area contributed by atoms with Crippen molar-refractivity contribution < 1.29 is 13.9 Å². The zero-order valence-electron chi connectivity index (χ0n) is 18.0. The van der Waals surface area contributed by atoms with Crippen molar-refractivity contribution >= 4 is 5.91 Å². The van der Waals surface area contributed by atoms with Gasteiger partial charge in [-0.25, -0.2) is 5.84 Å². The average Bonchev–Trinajstić information content (AvgIpc) is 3.18. The zero-order valence-corrected chi connectivity index (χ0v) is 18.0. The predicted octanol–water partition coefficient (Wildman–Crippen LogP) is 6.15. The molecule has 1 rings (SSSR count). The third-order valence-corrected chi connectivity index (χ3v) is 2.03. The molecule has 0 aliphatic carbocycles. The Morgan fingerprint density at radius 3 is 2.00 bits per heavy atom. The van der Waals surface area contributed by atoms with Gasteiger partial charge in [0.05, 0.1) is 5.76 Å². The second-order valence-corrected chi connectivity index (χ2v) is 4.11. The molecule has 0 saturated heterocycles. The molecule has 3 N–H and O–H groups in total. The molecular formula is C21H40N2O3. The maximum absolute atomic E-state index is 11.0. The van der Waals surface area contributed by atoms with Gasteiger partial charge in [0.2, 0.25) is 0 Å². The van der Waals surface area contributed by atoms with Crippen LogP contribution < -0.4 is 11.3 Å². The van der Waals surface area contributed by atoms with Crippen LogP contribution in [-0.2, 0) is 11.3 Å². The molecule has 0 radical (unpaired) electrons. The number of hydrogen-bond acceptors (Lipinski definition) is 4. The lowest BCUT2D eigenvalue weighted by atomic mass is 10.4. The van der Waals surface area contributed by atoms with E-state index in [-0.39, 0.29) is 5.76 Å². The normalized spacial score (nSPS) is 8.42. The third-order valence-electron chi connectivity index (χ3n) is 2.03. The van der Waals surface area contributed by atoms with Gasteiger partial charge in [-0.2, -0.15) is 0 Å². The first-order valence-electron chi connectivity index (χ1n) is 9.09. The molecule has 0 aliphatic heterocycles. The minimum Gasteiger partial charge on any atom is -0.491 e. The fourth-order valence-corrected chi connectivity index (χ4v) is 0.917. The number of ether oxygens (including phenoxy) is 1. The van der Waals surface area contributed by atoms with E-state index in [0.29, 0.717) is 12.4 Å². The van der Waals surface area contributed by atoms with E-state index < -0.39 is 5.91 Å². The quantitative estimate of drug-likeness (QED) is 0.215. The Labute approximate surface area is 161 Å². The van der Waals surface area contributed by atoms with Crippen molar-refractivity contribution in [2.75, 3.05) is 0 Å². The van der Waals surface area contributed by atoms with Gasteiger partial charge in [-0.05, 0) is 32.1 Å². The molecule has 26 heavy (non-hydrogen) atoms. The van der Waals surface area contributed by atoms with E-state index in [1.807, 2.05) is 53.0 Å². The van der Waals surface area contributed by atoms with Gasteiger partial charge < -0.3 is 9.15 Å². The summed E-state index contributed by atoms with van der Waals surface area (Å²) in [6.45, 7) is 23.0. The maximum atomic E-state index is 11.0. The number of allylic oxidation sites excluding steroid dienone is 4. The van der Waals surface area contributed by atoms with Crippen molar-refractivity contribution in [3.63, 3.8) is 0 Å². The van der Waals surface area contributed by atoms with Crippen molar-refractivity contribution in [2.45, 2.75) is 68.4 Å². The van der Waals surface area contributed by atoms with Crippen LogP contribution >= 0.6 is 0 Å². The first-order valence-corrected chi connectivity index (χ1v) is 9.09. The van der Waals surface area contributed by atoms with Gasteiger partial charge in [-0.1, -0.05) is 73.3 Å². The summed E-state index contributed by atoms with van der Waals surface area (Å²) in [5, 5.41) is 0. The first-order chi connectivity index (χ1) is 12.5. The lowest BCUT2D eigenvalue weighted by molar-refractivity contribution is 0.0918. The fourth-order valence-electron chi connectivity index (χ4n) is 0.917. The fraction of sp³-hybridized carbons (Fsp3) is 0.476. The lowest BCUT2D eigenvalue weighted by Gasteiger charge is -2.02. The summed E-state index contributed by atoms with van der Waals surface area (Å²) in [5.74, 6) is 6.06. The van der Waals surface area contributed by atoms with Crippen molar-refractivity contribution in [2.24, 2.45) is 5.84 Å². The summed E-state index contributed by atoms with van der Waals surface area (Å²) in [6.07, 6.45) is 6.37. The monoisotopic (exact) mass is 368 g/mol. The molecule has 152 valence electrons. The molecule has 0 saturated carbocycles. The predicted molar refractivity (Wildman–Crippen MR) is 114 cm³/mol. The Morgan fingerprint density at radius 1 is 1.19 bits per heavy atom. The summed E-state index contributed by atoms with van der Waals surface area (Å²) >= 11 is 0. The van der Waals surface area contributed by atoms with Gasteiger partial charge in [0.15, 0.2) is 5.76 Å². The standard InChI is InChI=1S/C10H14N2O3.C4H6.C3H8.2C2H6/c1-3-7(2)14-6-8-4-5-9(15-8)10(13)12-11;1-3-4-2;1-3-2;2*1-2/h3-5H,6,11H2,1-2H3,(H,12,13);3-4H,1-2H2;3H2,1-2H3;2*1-2H3/b7-3+;;;;. The molecule has 0 aromatic carbocycles. The highest BCUT2D eigenvalue weighted by Crippen LogP contribution is 2.10. The molecule has 0 fully saturated rings. The highest BCUT2D eigenvalue weighted by atomic mass is 16.5. The van der Waals surface area contributed by atoms with Crippen LogP contribution in [0.4, 0.5) is 0 Å². The Kier molecular flexibility index (Phi) is 33.4. The number of carbonyl (C=O) groups is 1. The largest absolute Gasteiger partial charge is 0.491 e. The van der Waals surface area contributed by atoms with Gasteiger partial charge in [0, 0.05) is 0 Å². The van der Waals surface area contributed by atoms with Crippen molar-refractivity contribution in [1.29, 1.82) is 0 Å². The SMILES string of the molecule is C/C=C(\C)OCc1ccc(C(=O)NN)o1.C=CC=C.CC.CC.CCC. The number of carbonyl (C=O) groups excluding carboxylic acids is 1. The van der Waals surface area contributed by atoms with Crippen LogP contribution in [0, 0.1) is 0 Å². The Morgan fingerprint density at radius 2 is 1.65 bits per heavy atom. The van der Waals surface area contributed by atoms with E-state index in [1.165, 1.54) is 6.42 Å². The molecule has 5 heteroatoms. The van der Waals surface area contributed by atoms with Gasteiger partial charge in [0.25, 0.3) is 0 Å². The number of rotatable bonds is 5. The number of furan rings is 1. The van der Waals surface area contributed by atoms with E-state index in [4.69, 9.17) is 15.0 Å². The van der Waals surface area contributed by atoms with E-state index in [1.54, 1.807) is 24.3 Å². The Balaban J connectivity index is -0.000000184. The van der Waals surface area contributed by atoms with Crippen LogP contribution in [0.2, 0.25) is 0 Å². The van der Waals surface area contributed by atoms with Crippen molar-refractivity contribution in [3.05, 3.63) is 60.8 Å². The minimum atomic E-state index is -0.455. The topological polar surface area (TPSA) is 77.5 Å². The zero-order chi connectivity index (χ0) is 21.4. The van der Waals surface area contributed by atoms with Crippen LogP contribution in [-0.4, -0.2) is 5.91 Å². The molecule has 1 amide bonds. The number of nitrogen functional groups attached to an aromatic ring is 1. The smallest absolute Gasteiger partial charge is 0.300 e. The first kappa shape index (κ1) is 31.5. The van der Waals surface area contributed by atoms with Gasteiger partial charge in [0.1, 0.15) is 12.4 Å². The van der Waals surface area contributed by atoms with Gasteiger partial charge >= 0.3 is 5.91 Å². The molecule has 0 bridgehead atoms. The minimum absolute atomic E-state index is 0.175. The van der Waals surface area contributed by atoms with Crippen LogP contribution in [0.3, 0.4) is 0 Å². The van der Waals surface area contributed by atoms with E-state index >= 15 is 0 Å². The number of amides is 1. The summed E-state index contributed by atoms with van der Waals surface area (Å²) in [4.78, 5) is 11.0. The van der Waals surface area contributed by atoms with E-state index in [0.717, 1.165) is 5.76 Å². The van der Waals surface area contributed by atoms with E-state index in [9.17, 15) is 4.79 Å². The molecule has 1 heterocycles. The number of hydrogen-bond donors (Lipinski definition) is 2. The second kappa shape index (κ2) is 27.6. The Bertz CT molecular complexity index is 458. The molecule has 5 nitrogen and oxygen atoms in total. The van der Waals surface area contributed by atoms with Crippen LogP contribution in [0.1, 0.15) is 78.1 Å². The van der Waals surface area contributed by atoms with Crippen LogP contribution in [0.15, 0.2) is 53.7 Å². The van der Waals surface area contributed by atoms with Crippen LogP contribution in [0.25, 0.3) is 0 Å². The van der Waals surface area contributed by atoms with E-state index in [2.05, 4.69) is 27.0 Å². The second-order valence-electron chi connectivity index (χ2n) is 4.11. The highest BCUT2D eigenvalue weighted by Gasteiger charge is 2.09. The molecule has 1 aromatic heterocycles. The molecule has 0 spiro atoms. The maximum Gasteiger partial charge on any atom is 0.300 e. The van der Waals surface area contributed by atoms with Crippen LogP contribution in [0.5, 0.6) is 0 Å². The van der Waals surface area contributed by atoms with Gasteiger partial charge in [-0.3, -0.25) is 10.2 Å². The summed E-state index contributed by atoms with van der Waals surface area (Å²) in [5.41, 5.74) is 1.99. The molecule has 1 aromatic rings. The highest BCUT2D eigenvalue weighted by molar-refractivity contribution is 5.90. The summed E-state index contributed by atoms with van der Waals surface area (Å²) in [6, 6.07) is 3.22. The average molecular weight is 369 g/mol. The lowest BCUT2D eigenvalue weighted by Crippen LogP contribution is -2.29. The number of hydrazine groups is 1. The van der Waals surface area contributed by atoms with Crippen molar-refractivity contribution in [1.82, 2.24) is 5.43 Å². The molecular weight excluding hydrogens is 328 g/mol. The molecule has 0 unspecified atom stereocenters. The summed E-state index contributed by atoms with van der Waals surface area (Å²) < 4.78 is 10.5. The Hall–Kier alpha value is -2.27.